The number of unbranched alkanes of at least 4 members (excludes halogenated alkanes) is 2. The summed E-state index contributed by atoms with van der Waals surface area (Å²) in [5, 5.41) is 13.5. The van der Waals surface area contributed by atoms with E-state index in [2.05, 4.69) is 5.32 Å². The van der Waals surface area contributed by atoms with Crippen LogP contribution in [0.3, 0.4) is 0 Å². The Kier molecular flexibility index (Phi) is 17.8. The lowest BCUT2D eigenvalue weighted by Gasteiger charge is -2.08. The van der Waals surface area contributed by atoms with E-state index in [9.17, 15) is 24.5 Å². The fourth-order valence-electron chi connectivity index (χ4n) is 2.62. The molecule has 202 valence electrons. The van der Waals surface area contributed by atoms with Crippen molar-refractivity contribution in [3.8, 4) is 5.75 Å². The number of thioether (sulfide) groups is 1. The summed E-state index contributed by atoms with van der Waals surface area (Å²) in [5.41, 5.74) is -0.109. The van der Waals surface area contributed by atoms with Gasteiger partial charge in [0.05, 0.1) is 44.6 Å². The molecule has 36 heavy (non-hydrogen) atoms. The van der Waals surface area contributed by atoms with E-state index in [0.29, 0.717) is 46.0 Å². The molecule has 12 nitrogen and oxygen atoms in total. The summed E-state index contributed by atoms with van der Waals surface area (Å²) < 4.78 is 25.7. The van der Waals surface area contributed by atoms with Gasteiger partial charge in [-0.2, -0.15) is 0 Å². The molecule has 1 amide bonds. The zero-order valence-corrected chi connectivity index (χ0v) is 21.3. The van der Waals surface area contributed by atoms with Gasteiger partial charge < -0.3 is 29.0 Å². The molecule has 0 spiro atoms. The summed E-state index contributed by atoms with van der Waals surface area (Å²) in [4.78, 5) is 44.1. The maximum absolute atomic E-state index is 11.7. The quantitative estimate of drug-likeness (QED) is 0.0870. The van der Waals surface area contributed by atoms with Crippen LogP contribution >= 0.6 is 11.8 Å². The highest BCUT2D eigenvalue weighted by molar-refractivity contribution is 8.13. The third-order valence-corrected chi connectivity index (χ3v) is 5.26. The fourth-order valence-corrected chi connectivity index (χ4v) is 3.25. The van der Waals surface area contributed by atoms with Crippen molar-refractivity contribution >= 4 is 34.6 Å². The largest absolute Gasteiger partial charge is 0.513 e. The van der Waals surface area contributed by atoms with E-state index in [1.165, 1.54) is 36.0 Å². The summed E-state index contributed by atoms with van der Waals surface area (Å²) >= 11 is 1.32. The summed E-state index contributed by atoms with van der Waals surface area (Å²) in [7, 11) is 0. The van der Waals surface area contributed by atoms with Crippen LogP contribution in [0.15, 0.2) is 24.3 Å². The number of nitro benzene ring substituents is 1. The molecule has 1 aromatic carbocycles. The first kappa shape index (κ1) is 31.3. The first-order valence-electron chi connectivity index (χ1n) is 11.6. The Labute approximate surface area is 214 Å². The van der Waals surface area contributed by atoms with E-state index in [0.717, 1.165) is 25.0 Å². The lowest BCUT2D eigenvalue weighted by atomic mass is 10.2. The van der Waals surface area contributed by atoms with Gasteiger partial charge in [-0.15, -0.1) is 0 Å². The van der Waals surface area contributed by atoms with Crippen LogP contribution in [-0.2, 0) is 28.5 Å². The van der Waals surface area contributed by atoms with Gasteiger partial charge in [0.15, 0.2) is 5.12 Å². The van der Waals surface area contributed by atoms with Crippen LogP contribution in [0.25, 0.3) is 0 Å². The number of hydrogen-bond acceptors (Lipinski definition) is 11. The summed E-state index contributed by atoms with van der Waals surface area (Å²) in [5.74, 6) is 0.935. The Balaban J connectivity index is 1.84. The molecular formula is C23H34N2O10S. The van der Waals surface area contributed by atoms with Gasteiger partial charge in [0.2, 0.25) is 5.91 Å². The van der Waals surface area contributed by atoms with Gasteiger partial charge in [-0.3, -0.25) is 19.7 Å². The van der Waals surface area contributed by atoms with Crippen molar-refractivity contribution in [2.24, 2.45) is 0 Å². The van der Waals surface area contributed by atoms with Crippen LogP contribution in [0.5, 0.6) is 5.75 Å². The van der Waals surface area contributed by atoms with Crippen molar-refractivity contribution in [3.05, 3.63) is 34.4 Å². The van der Waals surface area contributed by atoms with E-state index in [4.69, 9.17) is 23.7 Å². The highest BCUT2D eigenvalue weighted by Gasteiger charge is 2.09. The molecule has 0 unspecified atom stereocenters. The first-order valence-corrected chi connectivity index (χ1v) is 12.6. The highest BCUT2D eigenvalue weighted by atomic mass is 32.2. The normalized spacial score (nSPS) is 10.6. The Morgan fingerprint density at radius 1 is 0.889 bits per heavy atom. The van der Waals surface area contributed by atoms with E-state index in [-0.39, 0.29) is 35.7 Å². The molecule has 1 N–H and O–H groups in total. The monoisotopic (exact) mass is 530 g/mol. The molecule has 0 atom stereocenters. The average Bonchev–Trinajstić information content (AvgIpc) is 2.84. The summed E-state index contributed by atoms with van der Waals surface area (Å²) in [6, 6.07) is 5.05. The molecule has 0 radical (unpaired) electrons. The molecule has 0 aliphatic rings. The Hall–Kier alpha value is -2.74. The molecule has 1 rings (SSSR count). The second-order valence-corrected chi connectivity index (χ2v) is 8.56. The second kappa shape index (κ2) is 20.5. The number of carbonyl (C=O) groups is 3. The highest BCUT2D eigenvalue weighted by Crippen LogP contribution is 2.17. The standard InChI is InChI=1S/C23H34N2O10S/c1-19(26)36-18-4-2-3-5-22(27)24-10-11-31-12-13-32-14-15-33-16-17-34-23(28)35-21-8-6-20(7-9-21)25(29)30/h6-9H,2-5,10-18H2,1H3,(H,24,27). The Morgan fingerprint density at radius 2 is 1.50 bits per heavy atom. The van der Waals surface area contributed by atoms with Crippen LogP contribution in [0.1, 0.15) is 32.6 Å². The van der Waals surface area contributed by atoms with Crippen molar-refractivity contribution in [1.29, 1.82) is 0 Å². The topological polar surface area (TPSA) is 153 Å². The lowest BCUT2D eigenvalue weighted by molar-refractivity contribution is -0.384. The molecule has 0 bridgehead atoms. The molecule has 0 saturated carbocycles. The van der Waals surface area contributed by atoms with Crippen LogP contribution in [0, 0.1) is 10.1 Å². The maximum atomic E-state index is 11.7. The van der Waals surface area contributed by atoms with Crippen LogP contribution in [0.4, 0.5) is 10.5 Å². The maximum Gasteiger partial charge on any atom is 0.513 e. The lowest BCUT2D eigenvalue weighted by Crippen LogP contribution is -2.27. The molecule has 0 aliphatic heterocycles. The van der Waals surface area contributed by atoms with E-state index < -0.39 is 11.1 Å². The minimum atomic E-state index is -0.933. The number of benzene rings is 1. The SMILES string of the molecule is CC(=O)SCCCCCC(=O)NCCOCCOCCOCCOC(=O)Oc1ccc([N+](=O)[O-])cc1. The Morgan fingerprint density at radius 3 is 2.11 bits per heavy atom. The van der Waals surface area contributed by atoms with Crippen molar-refractivity contribution in [2.45, 2.75) is 32.6 Å². The number of carbonyl (C=O) groups excluding carboxylic acids is 3. The van der Waals surface area contributed by atoms with E-state index >= 15 is 0 Å². The van der Waals surface area contributed by atoms with Gasteiger partial charge >= 0.3 is 6.16 Å². The molecule has 0 aliphatic carbocycles. The zero-order valence-electron chi connectivity index (χ0n) is 20.4. The number of nitrogens with zero attached hydrogens (tertiary/aromatic N) is 1. The molecule has 0 aromatic heterocycles. The smallest absolute Gasteiger partial charge is 0.432 e. The van der Waals surface area contributed by atoms with Crippen LogP contribution in [0.2, 0.25) is 0 Å². The summed E-state index contributed by atoms with van der Waals surface area (Å²) in [6.07, 6.45) is 2.20. The third kappa shape index (κ3) is 17.7. The predicted molar refractivity (Wildman–Crippen MR) is 132 cm³/mol. The Bertz CT molecular complexity index is 792. The van der Waals surface area contributed by atoms with Gasteiger partial charge in [0, 0.05) is 37.8 Å². The average molecular weight is 531 g/mol. The van der Waals surface area contributed by atoms with Crippen molar-refractivity contribution in [1.82, 2.24) is 5.32 Å². The molecule has 1 aromatic rings. The second-order valence-electron chi connectivity index (χ2n) is 7.29. The number of ether oxygens (including phenoxy) is 5. The predicted octanol–water partition coefficient (Wildman–Crippen LogP) is 3.12. The molecule has 0 fully saturated rings. The molecule has 0 saturated heterocycles. The minimum absolute atomic E-state index is 0.00481. The van der Waals surface area contributed by atoms with Gasteiger partial charge in [0.25, 0.3) is 5.69 Å². The van der Waals surface area contributed by atoms with Crippen molar-refractivity contribution in [2.75, 3.05) is 58.5 Å². The van der Waals surface area contributed by atoms with E-state index in [1.54, 1.807) is 6.92 Å². The van der Waals surface area contributed by atoms with Crippen LogP contribution in [-0.4, -0.2) is 80.6 Å². The molecular weight excluding hydrogens is 496 g/mol. The number of amides is 1. The number of nitro groups is 1. The first-order chi connectivity index (χ1) is 17.4. The van der Waals surface area contributed by atoms with Crippen molar-refractivity contribution < 1.29 is 43.0 Å². The fraction of sp³-hybridized carbons (Fsp3) is 0.609. The van der Waals surface area contributed by atoms with Crippen molar-refractivity contribution in [3.63, 3.8) is 0 Å². The number of non-ortho nitro benzene ring substituents is 1. The minimum Gasteiger partial charge on any atom is -0.432 e. The molecule has 13 heteroatoms. The number of rotatable bonds is 20. The van der Waals surface area contributed by atoms with Gasteiger partial charge in [-0.05, 0) is 25.0 Å². The molecule has 0 heterocycles. The summed E-state index contributed by atoms with van der Waals surface area (Å²) in [6.45, 7) is 3.96. The third-order valence-electron chi connectivity index (χ3n) is 4.36. The van der Waals surface area contributed by atoms with Gasteiger partial charge in [-0.1, -0.05) is 18.2 Å². The number of nitrogens with one attached hydrogen (secondary N) is 1. The van der Waals surface area contributed by atoms with Gasteiger partial charge in [-0.25, -0.2) is 4.79 Å². The zero-order chi connectivity index (χ0) is 26.4. The van der Waals surface area contributed by atoms with Crippen LogP contribution < -0.4 is 10.1 Å². The van der Waals surface area contributed by atoms with Gasteiger partial charge in [0.1, 0.15) is 12.4 Å². The number of hydrogen-bond donors (Lipinski definition) is 1. The van der Waals surface area contributed by atoms with E-state index in [1.807, 2.05) is 0 Å².